The number of fused-ring (bicyclic) bond motifs is 26. The second-order valence-electron chi connectivity index (χ2n) is 36.0. The summed E-state index contributed by atoms with van der Waals surface area (Å²) in [5.74, 6) is 3.81. The minimum absolute atomic E-state index is 0.597. The van der Waals surface area contributed by atoms with Gasteiger partial charge in [-0.3, -0.25) is 0 Å². The van der Waals surface area contributed by atoms with E-state index in [-0.39, 0.29) is 0 Å². The topological polar surface area (TPSA) is 127 Å². The predicted octanol–water partition coefficient (Wildman–Crippen LogP) is 31.8. The molecule has 1 aliphatic rings. The highest BCUT2D eigenvalue weighted by Crippen LogP contribution is 2.50. The van der Waals surface area contributed by atoms with Gasteiger partial charge >= 0.3 is 0 Å². The van der Waals surface area contributed by atoms with Gasteiger partial charge in [-0.05, 0) is 144 Å². The number of nitrogens with zero attached hydrogens (tertiary/aromatic N) is 11. The smallest absolute Gasteiger partial charge is 0.211 e. The summed E-state index contributed by atoms with van der Waals surface area (Å²) in [5.41, 5.74) is 31.3. The maximum atomic E-state index is 7.13. The Bertz CT molecular complexity index is 10100. The Kier molecular flexibility index (Phi) is 17.7. The Hall–Kier alpha value is -18.6. The monoisotopic (exact) mass is 1810 g/mol. The van der Waals surface area contributed by atoms with Crippen LogP contribution in [-0.2, 0) is 6.42 Å². The summed E-state index contributed by atoms with van der Waals surface area (Å²) >= 11 is 1.81. The molecule has 14 heteroatoms. The highest BCUT2D eigenvalue weighted by molar-refractivity contribution is 7.26. The molecule has 0 fully saturated rings. The number of hydrogen-bond donors (Lipinski definition) is 0. The van der Waals surface area contributed by atoms with Crippen molar-refractivity contribution >= 4 is 163 Å². The molecular formula is C126H76N11O2S+. The first-order chi connectivity index (χ1) is 69.4. The van der Waals surface area contributed by atoms with Crippen LogP contribution >= 0.6 is 11.3 Å². The number of hydrogen-bond acceptors (Lipinski definition) is 9. The van der Waals surface area contributed by atoms with Gasteiger partial charge in [0.2, 0.25) is 5.69 Å². The molecule has 29 aromatic rings. The summed E-state index contributed by atoms with van der Waals surface area (Å²) in [5, 5.41) is 16.3. The lowest BCUT2D eigenvalue weighted by Crippen LogP contribution is -2.34. The quantitative estimate of drug-likeness (QED) is 0.111. The van der Waals surface area contributed by atoms with E-state index in [1.54, 1.807) is 0 Å². The Labute approximate surface area is 804 Å². The maximum Gasteiger partial charge on any atom is 0.211 e. The number of thiophene rings is 1. The van der Waals surface area contributed by atoms with Crippen molar-refractivity contribution in [3.8, 4) is 119 Å². The van der Waals surface area contributed by atoms with Gasteiger partial charge in [0.05, 0.1) is 66.5 Å². The van der Waals surface area contributed by atoms with Crippen LogP contribution in [0, 0.1) is 0 Å². The molecule has 0 aliphatic heterocycles. The Morgan fingerprint density at radius 2 is 0.650 bits per heavy atom. The van der Waals surface area contributed by atoms with Crippen LogP contribution in [0.2, 0.25) is 0 Å². The zero-order valence-electron chi connectivity index (χ0n) is 75.1. The largest absolute Gasteiger partial charge is 0.456 e. The van der Waals surface area contributed by atoms with E-state index in [1.165, 1.54) is 97.8 Å². The van der Waals surface area contributed by atoms with Gasteiger partial charge in [-0.1, -0.05) is 297 Å². The van der Waals surface area contributed by atoms with Crippen LogP contribution in [0.25, 0.3) is 270 Å². The van der Waals surface area contributed by atoms with Crippen LogP contribution < -0.4 is 4.57 Å². The third kappa shape index (κ3) is 12.4. The van der Waals surface area contributed by atoms with E-state index < -0.39 is 0 Å². The molecule has 0 unspecified atom stereocenters. The molecule has 10 aromatic heterocycles. The lowest BCUT2D eigenvalue weighted by atomic mass is 10.00. The van der Waals surface area contributed by atoms with Gasteiger partial charge in [0.15, 0.2) is 52.4 Å². The van der Waals surface area contributed by atoms with E-state index in [4.69, 9.17) is 38.7 Å². The van der Waals surface area contributed by atoms with Gasteiger partial charge in [0, 0.05) is 154 Å². The second-order valence-corrected chi connectivity index (χ2v) is 37.1. The minimum atomic E-state index is 0.597. The predicted molar refractivity (Wildman–Crippen MR) is 572 cm³/mol. The maximum absolute atomic E-state index is 7.13. The summed E-state index contributed by atoms with van der Waals surface area (Å²) in [4.78, 5) is 30.3. The van der Waals surface area contributed by atoms with E-state index in [9.17, 15) is 0 Å². The van der Waals surface area contributed by atoms with Gasteiger partial charge in [-0.15, -0.1) is 11.3 Å². The Morgan fingerprint density at radius 3 is 1.26 bits per heavy atom. The van der Waals surface area contributed by atoms with Crippen LogP contribution in [0.1, 0.15) is 11.3 Å². The second kappa shape index (κ2) is 31.5. The fourth-order valence-corrected chi connectivity index (χ4v) is 23.3. The van der Waals surface area contributed by atoms with Crippen molar-refractivity contribution in [1.29, 1.82) is 0 Å². The summed E-state index contributed by atoms with van der Waals surface area (Å²) in [6, 6.07) is 157. The molecule has 0 saturated carbocycles. The Morgan fingerprint density at radius 1 is 0.229 bits per heavy atom. The van der Waals surface area contributed by atoms with Crippen molar-refractivity contribution < 1.29 is 13.4 Å². The molecule has 19 aromatic carbocycles. The third-order valence-electron chi connectivity index (χ3n) is 28.3. The van der Waals surface area contributed by atoms with Crippen LogP contribution in [0.3, 0.4) is 0 Å². The fraction of sp³-hybridized carbons (Fsp3) is 0.00794. The molecule has 0 amide bonds. The molecule has 1 aliphatic carbocycles. The summed E-state index contributed by atoms with van der Waals surface area (Å²) < 4.78 is 28.0. The number of benzene rings is 19. The molecule has 0 spiro atoms. The highest BCUT2D eigenvalue weighted by Gasteiger charge is 2.34. The van der Waals surface area contributed by atoms with Crippen LogP contribution in [0.4, 0.5) is 0 Å². The first kappa shape index (κ1) is 78.8. The third-order valence-corrected chi connectivity index (χ3v) is 29.6. The molecule has 0 saturated heterocycles. The molecule has 0 radical (unpaired) electrons. The molecule has 13 nitrogen and oxygen atoms in total. The van der Waals surface area contributed by atoms with Gasteiger partial charge in [-0.2, -0.15) is 4.57 Å². The van der Waals surface area contributed by atoms with Gasteiger partial charge in [0.1, 0.15) is 16.7 Å². The SMILES string of the molecule is c1ccc(-c2nc(-c3ccccc3)nc(-c3ccc4oc5ccc(-n6c7ccccc7c7cc(-c8cccc9c8oc8c9ccc9c%10ccccc%10n(-c%10ccccc%10)c98)ccc76)cc5c4c3)n2)cc1.c1ccc(-c2nc(-c3ccccc3)nc(-c3cccc4c3sc3c(-n5c6ccccc6c6cc(-[n+]7cccc8c7Cc7c-8ccc8c9ccccc9n(-c9ccccc9)c78)ccc65)cccc34)n2)cc1. The number of furan rings is 2. The first-order valence-electron chi connectivity index (χ1n) is 47.2. The van der Waals surface area contributed by atoms with Crippen molar-refractivity contribution in [2.45, 2.75) is 6.42 Å². The van der Waals surface area contributed by atoms with Crippen molar-refractivity contribution in [1.82, 2.24) is 48.2 Å². The minimum Gasteiger partial charge on any atom is -0.456 e. The van der Waals surface area contributed by atoms with Crippen molar-refractivity contribution in [3.05, 3.63) is 460 Å². The highest BCUT2D eigenvalue weighted by atomic mass is 32.1. The molecule has 140 heavy (non-hydrogen) atoms. The van der Waals surface area contributed by atoms with Crippen molar-refractivity contribution in [2.75, 3.05) is 0 Å². The van der Waals surface area contributed by atoms with Crippen LogP contribution in [-0.4, -0.2) is 48.2 Å². The zero-order valence-corrected chi connectivity index (χ0v) is 75.9. The average molecular weight is 1810 g/mol. The molecule has 652 valence electrons. The molecule has 30 rings (SSSR count). The summed E-state index contributed by atoms with van der Waals surface area (Å²) in [6.07, 6.45) is 3.07. The van der Waals surface area contributed by atoms with E-state index in [2.05, 4.69) is 363 Å². The van der Waals surface area contributed by atoms with Crippen LogP contribution in [0.15, 0.2) is 458 Å². The number of rotatable bonds is 12. The first-order valence-corrected chi connectivity index (χ1v) is 48.1. The standard InChI is InChI=1S/C63H39N6S.C63H37N5O2/c1-4-17-39(18-5-1)61-64-62(40-19-6-2-7-20-40)66-63(65-61)50-27-14-25-48-49-26-15-31-56(60(49)70-59(48)50)69-54-30-13-11-24-46(54)51-37-42(32-35-55(51)69)67-36-16-28-44-43-33-34-47-45-23-10-12-29-53(45)68(41-21-8-3-9-22-41)58(47)52(43)38-57(44)67;1-4-15-38(16-5-1)61-64-62(39-17-6-2-7-18-39)66-63(65-61)41-28-33-56-51(36-41)52-37-43(29-34-57(52)69-56)67-53-25-12-11-22-46(53)50-35-40(27-32-55(50)67)44-23-14-24-48-49-31-30-47-45-21-10-13-26-54(45)68(42-19-8-3-9-20-42)58(47)60(49)70-59(44)48/h1-37H,38H2;1-37H/q+1;. The molecule has 0 atom stereocenters. The van der Waals surface area contributed by atoms with E-state index in [1.807, 2.05) is 121 Å². The van der Waals surface area contributed by atoms with E-state index >= 15 is 0 Å². The molecule has 0 N–H and O–H groups in total. The lowest BCUT2D eigenvalue weighted by molar-refractivity contribution is -0.602. The summed E-state index contributed by atoms with van der Waals surface area (Å²) in [7, 11) is 0. The van der Waals surface area contributed by atoms with Gasteiger partial charge in [-0.25, -0.2) is 29.9 Å². The van der Waals surface area contributed by atoms with Gasteiger partial charge in [0.25, 0.3) is 0 Å². The molecule has 10 heterocycles. The fourth-order valence-electron chi connectivity index (χ4n) is 22.0. The number of para-hydroxylation sites is 7. The van der Waals surface area contributed by atoms with Crippen molar-refractivity contribution in [2.24, 2.45) is 0 Å². The Balaban J connectivity index is 0.000000134. The average Bonchev–Trinajstić information content (AvgIpc) is 1.56. The molecular weight excluding hydrogens is 1730 g/mol. The normalized spacial score (nSPS) is 12.1. The van der Waals surface area contributed by atoms with Gasteiger partial charge < -0.3 is 27.1 Å². The summed E-state index contributed by atoms with van der Waals surface area (Å²) in [6.45, 7) is 0. The van der Waals surface area contributed by atoms with E-state index in [0.29, 0.717) is 34.9 Å². The van der Waals surface area contributed by atoms with Crippen molar-refractivity contribution in [3.63, 3.8) is 0 Å². The van der Waals surface area contributed by atoms with E-state index in [0.717, 1.165) is 155 Å². The van der Waals surface area contributed by atoms with Crippen LogP contribution in [0.5, 0.6) is 0 Å². The number of aromatic nitrogens is 11. The molecule has 0 bridgehead atoms. The lowest BCUT2D eigenvalue weighted by Gasteiger charge is -2.10. The zero-order chi connectivity index (χ0) is 91.7. The number of pyridine rings is 1.